The van der Waals surface area contributed by atoms with Crippen LogP contribution < -0.4 is 10.6 Å². The van der Waals surface area contributed by atoms with Crippen molar-refractivity contribution < 1.29 is 9.53 Å². The molecule has 0 spiro atoms. The maximum Gasteiger partial charge on any atom is 0.270 e. The Kier molecular flexibility index (Phi) is 6.30. The first-order valence-electron chi connectivity index (χ1n) is 8.50. The van der Waals surface area contributed by atoms with E-state index in [-0.39, 0.29) is 5.91 Å². The molecule has 1 aliphatic heterocycles. The molecule has 3 rings (SSSR count). The van der Waals surface area contributed by atoms with Crippen molar-refractivity contribution >= 4 is 11.9 Å². The summed E-state index contributed by atoms with van der Waals surface area (Å²) >= 11 is 0. The fourth-order valence-electron chi connectivity index (χ4n) is 2.59. The SMILES string of the molecule is O=C(NCCN1CCOCC1)c1ccnc(NCc2ccccc2)n1. The number of hydrogen-bond donors (Lipinski definition) is 2. The van der Waals surface area contributed by atoms with E-state index < -0.39 is 0 Å². The number of hydrogen-bond acceptors (Lipinski definition) is 6. The number of benzene rings is 1. The minimum Gasteiger partial charge on any atom is -0.379 e. The molecule has 0 unspecified atom stereocenters. The van der Waals surface area contributed by atoms with E-state index in [4.69, 9.17) is 4.74 Å². The van der Waals surface area contributed by atoms with Gasteiger partial charge in [-0.25, -0.2) is 9.97 Å². The summed E-state index contributed by atoms with van der Waals surface area (Å²) in [7, 11) is 0. The Morgan fingerprint density at radius 3 is 2.76 bits per heavy atom. The van der Waals surface area contributed by atoms with Crippen molar-refractivity contribution in [2.24, 2.45) is 0 Å². The molecule has 132 valence electrons. The Hall–Kier alpha value is -2.51. The van der Waals surface area contributed by atoms with Crippen LogP contribution in [0.2, 0.25) is 0 Å². The van der Waals surface area contributed by atoms with Crippen molar-refractivity contribution in [1.29, 1.82) is 0 Å². The second-order valence-corrected chi connectivity index (χ2v) is 5.81. The standard InChI is InChI=1S/C18H23N5O2/c24-17(19-8-9-23-10-12-25-13-11-23)16-6-7-20-18(22-16)21-14-15-4-2-1-3-5-15/h1-7H,8-14H2,(H,19,24)(H,20,21,22). The van der Waals surface area contributed by atoms with Gasteiger partial charge in [0.15, 0.2) is 0 Å². The Morgan fingerprint density at radius 2 is 1.96 bits per heavy atom. The second kappa shape index (κ2) is 9.10. The summed E-state index contributed by atoms with van der Waals surface area (Å²) in [6.45, 7) is 5.37. The average molecular weight is 341 g/mol. The number of anilines is 1. The number of aromatic nitrogens is 2. The molecule has 2 aromatic rings. The molecule has 1 saturated heterocycles. The topological polar surface area (TPSA) is 79.4 Å². The van der Waals surface area contributed by atoms with Crippen LogP contribution in [0.3, 0.4) is 0 Å². The molecular formula is C18H23N5O2. The number of morpholine rings is 1. The lowest BCUT2D eigenvalue weighted by atomic mass is 10.2. The highest BCUT2D eigenvalue weighted by Crippen LogP contribution is 2.05. The van der Waals surface area contributed by atoms with E-state index in [1.807, 2.05) is 30.3 Å². The molecule has 1 amide bonds. The van der Waals surface area contributed by atoms with E-state index in [1.54, 1.807) is 12.3 Å². The van der Waals surface area contributed by atoms with Crippen molar-refractivity contribution in [3.63, 3.8) is 0 Å². The molecule has 0 bridgehead atoms. The summed E-state index contributed by atoms with van der Waals surface area (Å²) in [4.78, 5) is 23.0. The summed E-state index contributed by atoms with van der Waals surface area (Å²) in [5, 5.41) is 6.05. The monoisotopic (exact) mass is 341 g/mol. The van der Waals surface area contributed by atoms with Gasteiger partial charge in [0.25, 0.3) is 5.91 Å². The van der Waals surface area contributed by atoms with Crippen LogP contribution in [0.15, 0.2) is 42.6 Å². The van der Waals surface area contributed by atoms with Crippen molar-refractivity contribution in [3.05, 3.63) is 53.9 Å². The van der Waals surface area contributed by atoms with E-state index in [1.165, 1.54) is 0 Å². The summed E-state index contributed by atoms with van der Waals surface area (Å²) < 4.78 is 5.31. The first-order chi connectivity index (χ1) is 12.3. The van der Waals surface area contributed by atoms with Crippen LogP contribution in [0.5, 0.6) is 0 Å². The van der Waals surface area contributed by atoms with Crippen LogP contribution in [-0.4, -0.2) is 60.2 Å². The molecule has 1 fully saturated rings. The molecule has 1 aliphatic rings. The number of amides is 1. The summed E-state index contributed by atoms with van der Waals surface area (Å²) in [6, 6.07) is 11.6. The zero-order chi connectivity index (χ0) is 17.3. The normalized spacial score (nSPS) is 14.9. The van der Waals surface area contributed by atoms with Crippen LogP contribution in [0.4, 0.5) is 5.95 Å². The molecule has 1 aromatic carbocycles. The fraction of sp³-hybridized carbons (Fsp3) is 0.389. The molecule has 0 atom stereocenters. The van der Waals surface area contributed by atoms with Gasteiger partial charge in [0.05, 0.1) is 13.2 Å². The molecular weight excluding hydrogens is 318 g/mol. The lowest BCUT2D eigenvalue weighted by Gasteiger charge is -2.26. The Morgan fingerprint density at radius 1 is 1.16 bits per heavy atom. The molecule has 7 heteroatoms. The van der Waals surface area contributed by atoms with Crippen LogP contribution in [0, 0.1) is 0 Å². The molecule has 0 aliphatic carbocycles. The molecule has 0 saturated carbocycles. The van der Waals surface area contributed by atoms with Gasteiger partial charge in [-0.05, 0) is 11.6 Å². The minimum absolute atomic E-state index is 0.182. The van der Waals surface area contributed by atoms with E-state index in [9.17, 15) is 4.79 Å². The van der Waals surface area contributed by atoms with Gasteiger partial charge in [-0.1, -0.05) is 30.3 Å². The van der Waals surface area contributed by atoms with Crippen LogP contribution in [-0.2, 0) is 11.3 Å². The van der Waals surface area contributed by atoms with Crippen molar-refractivity contribution in [1.82, 2.24) is 20.2 Å². The van der Waals surface area contributed by atoms with Crippen LogP contribution in [0.1, 0.15) is 16.1 Å². The lowest BCUT2D eigenvalue weighted by Crippen LogP contribution is -2.41. The number of rotatable bonds is 7. The first kappa shape index (κ1) is 17.3. The number of nitrogens with zero attached hydrogens (tertiary/aromatic N) is 3. The lowest BCUT2D eigenvalue weighted by molar-refractivity contribution is 0.0383. The van der Waals surface area contributed by atoms with Gasteiger partial charge < -0.3 is 15.4 Å². The Bertz CT molecular complexity index is 674. The van der Waals surface area contributed by atoms with Gasteiger partial charge in [0.2, 0.25) is 5.95 Å². The van der Waals surface area contributed by atoms with Gasteiger partial charge in [0, 0.05) is 38.9 Å². The smallest absolute Gasteiger partial charge is 0.270 e. The maximum atomic E-state index is 12.2. The van der Waals surface area contributed by atoms with Gasteiger partial charge in [0.1, 0.15) is 5.69 Å². The zero-order valence-corrected chi connectivity index (χ0v) is 14.1. The largest absolute Gasteiger partial charge is 0.379 e. The number of carbonyl (C=O) groups excluding carboxylic acids is 1. The fourth-order valence-corrected chi connectivity index (χ4v) is 2.59. The van der Waals surface area contributed by atoms with E-state index in [2.05, 4.69) is 25.5 Å². The predicted molar refractivity (Wildman–Crippen MR) is 95.4 cm³/mol. The molecule has 25 heavy (non-hydrogen) atoms. The number of ether oxygens (including phenoxy) is 1. The third kappa shape index (κ3) is 5.51. The summed E-state index contributed by atoms with van der Waals surface area (Å²) in [6.07, 6.45) is 1.59. The average Bonchev–Trinajstić information content (AvgIpc) is 2.68. The van der Waals surface area contributed by atoms with Gasteiger partial charge in [-0.2, -0.15) is 0 Å². The minimum atomic E-state index is -0.182. The summed E-state index contributed by atoms with van der Waals surface area (Å²) in [5.74, 6) is 0.267. The number of carbonyl (C=O) groups is 1. The van der Waals surface area contributed by atoms with E-state index >= 15 is 0 Å². The zero-order valence-electron chi connectivity index (χ0n) is 14.1. The van der Waals surface area contributed by atoms with Crippen LogP contribution in [0.25, 0.3) is 0 Å². The van der Waals surface area contributed by atoms with Crippen molar-refractivity contribution in [2.45, 2.75) is 6.54 Å². The molecule has 1 aromatic heterocycles. The third-order valence-corrected chi connectivity index (χ3v) is 4.00. The Labute approximate surface area is 147 Å². The van der Waals surface area contributed by atoms with Crippen molar-refractivity contribution in [3.8, 4) is 0 Å². The molecule has 2 heterocycles. The molecule has 2 N–H and O–H groups in total. The van der Waals surface area contributed by atoms with Gasteiger partial charge >= 0.3 is 0 Å². The highest BCUT2D eigenvalue weighted by atomic mass is 16.5. The van der Waals surface area contributed by atoms with Gasteiger partial charge in [-0.15, -0.1) is 0 Å². The number of nitrogens with one attached hydrogen (secondary N) is 2. The summed E-state index contributed by atoms with van der Waals surface area (Å²) in [5.41, 5.74) is 1.50. The van der Waals surface area contributed by atoms with E-state index in [0.717, 1.165) is 38.4 Å². The second-order valence-electron chi connectivity index (χ2n) is 5.81. The third-order valence-electron chi connectivity index (χ3n) is 4.00. The molecule has 0 radical (unpaired) electrons. The highest BCUT2D eigenvalue weighted by Gasteiger charge is 2.12. The Balaban J connectivity index is 1.47. The van der Waals surface area contributed by atoms with E-state index in [0.29, 0.717) is 24.7 Å². The van der Waals surface area contributed by atoms with Crippen LogP contribution >= 0.6 is 0 Å². The van der Waals surface area contributed by atoms with Gasteiger partial charge in [-0.3, -0.25) is 9.69 Å². The maximum absolute atomic E-state index is 12.2. The predicted octanol–water partition coefficient (Wildman–Crippen LogP) is 1.15. The quantitative estimate of drug-likeness (QED) is 0.786. The molecule has 7 nitrogen and oxygen atoms in total. The highest BCUT2D eigenvalue weighted by molar-refractivity contribution is 5.92. The van der Waals surface area contributed by atoms with Crippen molar-refractivity contribution in [2.75, 3.05) is 44.7 Å². The first-order valence-corrected chi connectivity index (χ1v) is 8.50.